The summed E-state index contributed by atoms with van der Waals surface area (Å²) < 4.78 is 4.91. The smallest absolute Gasteiger partial charge is 0.241 e. The molecule has 0 saturated carbocycles. The monoisotopic (exact) mass is 301 g/mol. The molecule has 0 radical (unpaired) electrons. The Morgan fingerprint density at radius 2 is 2.11 bits per heavy atom. The first kappa shape index (κ1) is 20.3. The first-order chi connectivity index (χ1) is 7.56. The number of methoxy groups -OCH3 is 1. The summed E-state index contributed by atoms with van der Waals surface area (Å²) in [6.07, 6.45) is 2.20. The van der Waals surface area contributed by atoms with E-state index >= 15 is 0 Å². The fourth-order valence-corrected chi connectivity index (χ4v) is 2.06. The predicted octanol–water partition coefficient (Wildman–Crippen LogP) is 0.356. The van der Waals surface area contributed by atoms with Crippen molar-refractivity contribution in [1.29, 1.82) is 0 Å². The number of nitrogens with two attached hydrogens (primary N) is 1. The minimum atomic E-state index is -0.522. The number of halogens is 2. The van der Waals surface area contributed by atoms with Gasteiger partial charge in [-0.1, -0.05) is 0 Å². The highest BCUT2D eigenvalue weighted by Crippen LogP contribution is 2.14. The standard InChI is InChI=1S/C11H23N3O2.2ClH/c1-13(2)9-5-4-6-14(7-9)11(15)10(12)8-16-3;;/h9-10H,4-8,12H2,1-3H3;2*1H. The van der Waals surface area contributed by atoms with Crippen LogP contribution in [0.5, 0.6) is 0 Å². The Bertz CT molecular complexity index is 242. The second kappa shape index (κ2) is 9.81. The summed E-state index contributed by atoms with van der Waals surface area (Å²) in [4.78, 5) is 16.0. The first-order valence-electron chi connectivity index (χ1n) is 5.76. The van der Waals surface area contributed by atoms with Gasteiger partial charge < -0.3 is 20.3 Å². The van der Waals surface area contributed by atoms with Crippen LogP contribution in [-0.2, 0) is 9.53 Å². The lowest BCUT2D eigenvalue weighted by atomic mass is 10.0. The molecule has 0 aromatic rings. The molecule has 1 heterocycles. The van der Waals surface area contributed by atoms with Gasteiger partial charge in [0.25, 0.3) is 0 Å². The fourth-order valence-electron chi connectivity index (χ4n) is 2.06. The van der Waals surface area contributed by atoms with Crippen LogP contribution in [0.15, 0.2) is 0 Å². The number of nitrogens with zero attached hydrogens (tertiary/aromatic N) is 2. The van der Waals surface area contributed by atoms with Crippen LogP contribution < -0.4 is 5.73 Å². The molecule has 0 aliphatic carbocycles. The van der Waals surface area contributed by atoms with Crippen molar-refractivity contribution in [3.8, 4) is 0 Å². The summed E-state index contributed by atoms with van der Waals surface area (Å²) in [5, 5.41) is 0. The van der Waals surface area contributed by atoms with Gasteiger partial charge in [-0.05, 0) is 26.9 Å². The van der Waals surface area contributed by atoms with Gasteiger partial charge in [-0.3, -0.25) is 4.79 Å². The summed E-state index contributed by atoms with van der Waals surface area (Å²) >= 11 is 0. The maximum Gasteiger partial charge on any atom is 0.241 e. The molecule has 18 heavy (non-hydrogen) atoms. The molecule has 2 atom stereocenters. The van der Waals surface area contributed by atoms with Crippen LogP contribution in [0.4, 0.5) is 0 Å². The number of likely N-dealkylation sites (tertiary alicyclic amines) is 1. The van der Waals surface area contributed by atoms with Gasteiger partial charge in [0.05, 0.1) is 6.61 Å². The molecule has 1 saturated heterocycles. The molecule has 1 rings (SSSR count). The van der Waals surface area contributed by atoms with Crippen molar-refractivity contribution in [2.75, 3.05) is 40.9 Å². The van der Waals surface area contributed by atoms with E-state index in [1.165, 1.54) is 0 Å². The fraction of sp³-hybridized carbons (Fsp3) is 0.909. The topological polar surface area (TPSA) is 58.8 Å². The Morgan fingerprint density at radius 3 is 2.61 bits per heavy atom. The Hall–Kier alpha value is -0.0700. The van der Waals surface area contributed by atoms with Crippen molar-refractivity contribution in [2.45, 2.75) is 24.9 Å². The number of carbonyl (C=O) groups excluding carboxylic acids is 1. The Labute approximate surface area is 122 Å². The number of hydrogen-bond donors (Lipinski definition) is 1. The number of amides is 1. The van der Waals surface area contributed by atoms with E-state index in [1.807, 2.05) is 19.0 Å². The van der Waals surface area contributed by atoms with Crippen molar-refractivity contribution in [3.63, 3.8) is 0 Å². The SMILES string of the molecule is COCC(N)C(=O)N1CCCC(N(C)C)C1.Cl.Cl. The Balaban J connectivity index is 0. The maximum atomic E-state index is 12.0. The molecule has 5 nitrogen and oxygen atoms in total. The first-order valence-corrected chi connectivity index (χ1v) is 5.76. The maximum absolute atomic E-state index is 12.0. The molecule has 2 unspecified atom stereocenters. The van der Waals surface area contributed by atoms with Gasteiger partial charge in [0, 0.05) is 26.2 Å². The summed E-state index contributed by atoms with van der Waals surface area (Å²) in [5.41, 5.74) is 5.75. The molecule has 0 aromatic carbocycles. The molecule has 1 fully saturated rings. The quantitative estimate of drug-likeness (QED) is 0.814. The van der Waals surface area contributed by atoms with Crippen molar-refractivity contribution in [1.82, 2.24) is 9.80 Å². The van der Waals surface area contributed by atoms with Crippen LogP contribution in [0.3, 0.4) is 0 Å². The summed E-state index contributed by atoms with van der Waals surface area (Å²) in [6, 6.07) is -0.0710. The third kappa shape index (κ3) is 5.71. The van der Waals surface area contributed by atoms with Gasteiger partial charge in [-0.2, -0.15) is 0 Å². The summed E-state index contributed by atoms with van der Waals surface area (Å²) in [5.74, 6) is 0.00778. The number of piperidine rings is 1. The average Bonchev–Trinajstić information content (AvgIpc) is 2.28. The lowest BCUT2D eigenvalue weighted by Gasteiger charge is -2.37. The normalized spacial score (nSPS) is 20.9. The summed E-state index contributed by atoms with van der Waals surface area (Å²) in [6.45, 7) is 1.89. The number of ether oxygens (including phenoxy) is 1. The zero-order valence-electron chi connectivity index (χ0n) is 11.3. The second-order valence-corrected chi connectivity index (χ2v) is 4.61. The number of carbonyl (C=O) groups is 1. The van der Waals surface area contributed by atoms with E-state index in [1.54, 1.807) is 7.11 Å². The largest absolute Gasteiger partial charge is 0.383 e. The van der Waals surface area contributed by atoms with Crippen LogP contribution in [0.1, 0.15) is 12.8 Å². The van der Waals surface area contributed by atoms with Crippen LogP contribution in [0.2, 0.25) is 0 Å². The van der Waals surface area contributed by atoms with Gasteiger partial charge >= 0.3 is 0 Å². The van der Waals surface area contributed by atoms with E-state index in [0.29, 0.717) is 12.6 Å². The average molecular weight is 302 g/mol. The number of rotatable bonds is 4. The zero-order chi connectivity index (χ0) is 12.1. The Morgan fingerprint density at radius 1 is 1.50 bits per heavy atom. The third-order valence-electron chi connectivity index (χ3n) is 3.10. The third-order valence-corrected chi connectivity index (χ3v) is 3.10. The van der Waals surface area contributed by atoms with Crippen LogP contribution in [0, 0.1) is 0 Å². The molecule has 110 valence electrons. The van der Waals surface area contributed by atoms with Crippen LogP contribution >= 0.6 is 24.8 Å². The van der Waals surface area contributed by atoms with Gasteiger partial charge in [-0.15, -0.1) is 24.8 Å². The molecule has 0 spiro atoms. The molecule has 7 heteroatoms. The van der Waals surface area contributed by atoms with Crippen LogP contribution in [0.25, 0.3) is 0 Å². The molecular weight excluding hydrogens is 277 g/mol. The Kier molecular flexibility index (Phi) is 11.0. The van der Waals surface area contributed by atoms with E-state index in [0.717, 1.165) is 25.9 Å². The molecule has 1 aliphatic rings. The highest BCUT2D eigenvalue weighted by atomic mass is 35.5. The molecule has 1 amide bonds. The number of likely N-dealkylation sites (N-methyl/N-ethyl adjacent to an activating group) is 1. The summed E-state index contributed by atoms with van der Waals surface area (Å²) in [7, 11) is 5.66. The highest BCUT2D eigenvalue weighted by molar-refractivity contribution is 5.85. The molecule has 0 bridgehead atoms. The van der Waals surface area contributed by atoms with Gasteiger partial charge in [0.1, 0.15) is 6.04 Å². The molecular formula is C11H25Cl2N3O2. The van der Waals surface area contributed by atoms with Gasteiger partial charge in [0.15, 0.2) is 0 Å². The van der Waals surface area contributed by atoms with Crippen LogP contribution in [-0.4, -0.2) is 68.7 Å². The van der Waals surface area contributed by atoms with Crippen molar-refractivity contribution in [3.05, 3.63) is 0 Å². The number of hydrogen-bond acceptors (Lipinski definition) is 4. The van der Waals surface area contributed by atoms with E-state index in [4.69, 9.17) is 10.5 Å². The second-order valence-electron chi connectivity index (χ2n) is 4.61. The lowest BCUT2D eigenvalue weighted by Crippen LogP contribution is -2.53. The van der Waals surface area contributed by atoms with E-state index < -0.39 is 6.04 Å². The van der Waals surface area contributed by atoms with Crippen molar-refractivity contribution >= 4 is 30.7 Å². The van der Waals surface area contributed by atoms with Crippen molar-refractivity contribution < 1.29 is 9.53 Å². The minimum Gasteiger partial charge on any atom is -0.383 e. The van der Waals surface area contributed by atoms with Gasteiger partial charge in [-0.25, -0.2) is 0 Å². The van der Waals surface area contributed by atoms with E-state index in [-0.39, 0.29) is 30.7 Å². The lowest BCUT2D eigenvalue weighted by molar-refractivity contribution is -0.135. The minimum absolute atomic E-state index is 0. The van der Waals surface area contributed by atoms with Crippen molar-refractivity contribution in [2.24, 2.45) is 5.73 Å². The molecule has 2 N–H and O–H groups in total. The highest BCUT2D eigenvalue weighted by Gasteiger charge is 2.27. The predicted molar refractivity (Wildman–Crippen MR) is 77.6 cm³/mol. The zero-order valence-corrected chi connectivity index (χ0v) is 12.9. The van der Waals surface area contributed by atoms with E-state index in [2.05, 4.69) is 4.90 Å². The molecule has 1 aliphatic heterocycles. The van der Waals surface area contributed by atoms with E-state index in [9.17, 15) is 4.79 Å². The molecule has 0 aromatic heterocycles. The van der Waals surface area contributed by atoms with Gasteiger partial charge in [0.2, 0.25) is 5.91 Å².